The molecule has 1 aliphatic rings. The van der Waals surface area contributed by atoms with Gasteiger partial charge in [0.2, 0.25) is 5.91 Å². The lowest BCUT2D eigenvalue weighted by atomic mass is 10.1. The van der Waals surface area contributed by atoms with Gasteiger partial charge in [-0.2, -0.15) is 0 Å². The summed E-state index contributed by atoms with van der Waals surface area (Å²) >= 11 is 0. The summed E-state index contributed by atoms with van der Waals surface area (Å²) in [4.78, 5) is 23.2. The molecule has 2 N–H and O–H groups in total. The SMILES string of the molecule is CCOCC1(C(=O)Nc2ccc(C(=O)O)c(C)c2)CC1. The third kappa shape index (κ3) is 2.99. The molecule has 108 valence electrons. The number of carboxylic acid groups (broad SMARTS) is 1. The van der Waals surface area contributed by atoms with Crippen molar-refractivity contribution in [2.24, 2.45) is 5.41 Å². The van der Waals surface area contributed by atoms with Gasteiger partial charge in [-0.1, -0.05) is 0 Å². The number of carboxylic acids is 1. The lowest BCUT2D eigenvalue weighted by molar-refractivity contribution is -0.123. The maximum atomic E-state index is 12.2. The normalized spacial score (nSPS) is 15.7. The van der Waals surface area contributed by atoms with Gasteiger partial charge >= 0.3 is 5.97 Å². The topological polar surface area (TPSA) is 75.6 Å². The van der Waals surface area contributed by atoms with E-state index in [4.69, 9.17) is 9.84 Å². The fraction of sp³-hybridized carbons (Fsp3) is 0.467. The first kappa shape index (κ1) is 14.5. The number of benzene rings is 1. The van der Waals surface area contributed by atoms with Crippen LogP contribution in [0.5, 0.6) is 0 Å². The Morgan fingerprint density at radius 3 is 2.60 bits per heavy atom. The minimum absolute atomic E-state index is 0.0478. The summed E-state index contributed by atoms with van der Waals surface area (Å²) in [5.74, 6) is -1.01. The van der Waals surface area contributed by atoms with Crippen LogP contribution in [0.1, 0.15) is 35.7 Å². The number of anilines is 1. The van der Waals surface area contributed by atoms with Gasteiger partial charge in [0.05, 0.1) is 17.6 Å². The van der Waals surface area contributed by atoms with E-state index in [0.717, 1.165) is 12.8 Å². The second-order valence-electron chi connectivity index (χ2n) is 5.21. The number of ether oxygens (including phenoxy) is 1. The minimum atomic E-state index is -0.963. The molecule has 1 aromatic rings. The monoisotopic (exact) mass is 277 g/mol. The molecule has 2 rings (SSSR count). The predicted molar refractivity (Wildman–Crippen MR) is 74.9 cm³/mol. The average molecular weight is 277 g/mol. The van der Waals surface area contributed by atoms with E-state index >= 15 is 0 Å². The third-order valence-corrected chi connectivity index (χ3v) is 3.63. The average Bonchev–Trinajstić information content (AvgIpc) is 3.17. The maximum Gasteiger partial charge on any atom is 0.335 e. The Morgan fingerprint density at radius 1 is 1.40 bits per heavy atom. The number of hydrogen-bond donors (Lipinski definition) is 2. The molecule has 1 aliphatic carbocycles. The second-order valence-corrected chi connectivity index (χ2v) is 5.21. The van der Waals surface area contributed by atoms with Crippen molar-refractivity contribution >= 4 is 17.6 Å². The van der Waals surface area contributed by atoms with Crippen molar-refractivity contribution in [2.75, 3.05) is 18.5 Å². The molecule has 0 aromatic heterocycles. The van der Waals surface area contributed by atoms with Crippen LogP contribution in [0.15, 0.2) is 18.2 Å². The Bertz CT molecular complexity index is 535. The molecular formula is C15H19NO4. The van der Waals surface area contributed by atoms with Crippen LogP contribution in [0.3, 0.4) is 0 Å². The number of rotatable bonds is 6. The van der Waals surface area contributed by atoms with Gasteiger partial charge in [0.25, 0.3) is 0 Å². The molecule has 5 nitrogen and oxygen atoms in total. The number of carbonyl (C=O) groups excluding carboxylic acids is 1. The Labute approximate surface area is 117 Å². The van der Waals surface area contributed by atoms with Crippen molar-refractivity contribution < 1.29 is 19.4 Å². The van der Waals surface area contributed by atoms with Gasteiger partial charge in [-0.15, -0.1) is 0 Å². The zero-order valence-electron chi connectivity index (χ0n) is 11.7. The van der Waals surface area contributed by atoms with Crippen molar-refractivity contribution in [2.45, 2.75) is 26.7 Å². The van der Waals surface area contributed by atoms with Gasteiger partial charge < -0.3 is 15.2 Å². The van der Waals surface area contributed by atoms with Crippen molar-refractivity contribution in [3.63, 3.8) is 0 Å². The van der Waals surface area contributed by atoms with Crippen molar-refractivity contribution in [1.82, 2.24) is 0 Å². The first-order valence-electron chi connectivity index (χ1n) is 6.72. The number of amides is 1. The van der Waals surface area contributed by atoms with Gasteiger partial charge in [-0.3, -0.25) is 4.79 Å². The third-order valence-electron chi connectivity index (χ3n) is 3.63. The summed E-state index contributed by atoms with van der Waals surface area (Å²) in [6.45, 7) is 4.66. The smallest absolute Gasteiger partial charge is 0.335 e. The Kier molecular flexibility index (Phi) is 4.09. The molecule has 0 spiro atoms. The van der Waals surface area contributed by atoms with Crippen LogP contribution in [-0.2, 0) is 9.53 Å². The van der Waals surface area contributed by atoms with Gasteiger partial charge in [-0.25, -0.2) is 4.79 Å². The number of aryl methyl sites for hydroxylation is 1. The zero-order valence-corrected chi connectivity index (χ0v) is 11.7. The fourth-order valence-corrected chi connectivity index (χ4v) is 2.13. The highest BCUT2D eigenvalue weighted by molar-refractivity contribution is 5.98. The summed E-state index contributed by atoms with van der Waals surface area (Å²) in [5, 5.41) is 11.8. The van der Waals surface area contributed by atoms with E-state index in [1.807, 2.05) is 6.92 Å². The van der Waals surface area contributed by atoms with E-state index < -0.39 is 11.4 Å². The van der Waals surface area contributed by atoms with Crippen LogP contribution < -0.4 is 5.32 Å². The van der Waals surface area contributed by atoms with E-state index in [-0.39, 0.29) is 11.5 Å². The summed E-state index contributed by atoms with van der Waals surface area (Å²) in [7, 11) is 0. The molecule has 5 heteroatoms. The number of carbonyl (C=O) groups is 2. The molecule has 0 aliphatic heterocycles. The highest BCUT2D eigenvalue weighted by atomic mass is 16.5. The summed E-state index contributed by atoms with van der Waals surface area (Å²) < 4.78 is 5.36. The Balaban J connectivity index is 2.05. The largest absolute Gasteiger partial charge is 0.478 e. The molecule has 0 unspecified atom stereocenters. The standard InChI is InChI=1S/C15H19NO4/c1-3-20-9-15(6-7-15)14(19)16-11-4-5-12(13(17)18)10(2)8-11/h4-5,8H,3,6-7,9H2,1-2H3,(H,16,19)(H,17,18). The minimum Gasteiger partial charge on any atom is -0.478 e. The molecule has 0 heterocycles. The van der Waals surface area contributed by atoms with Crippen LogP contribution in [0, 0.1) is 12.3 Å². The van der Waals surface area contributed by atoms with Gasteiger partial charge in [0.1, 0.15) is 0 Å². The molecule has 0 atom stereocenters. The van der Waals surface area contributed by atoms with Crippen molar-refractivity contribution in [3.8, 4) is 0 Å². The maximum absolute atomic E-state index is 12.2. The highest BCUT2D eigenvalue weighted by Gasteiger charge is 2.50. The van der Waals surface area contributed by atoms with E-state index in [0.29, 0.717) is 24.5 Å². The molecule has 1 amide bonds. The van der Waals surface area contributed by atoms with Gasteiger partial charge in [-0.05, 0) is 50.5 Å². The van der Waals surface area contributed by atoms with E-state index in [1.165, 1.54) is 6.07 Å². The second kappa shape index (κ2) is 5.63. The molecule has 0 bridgehead atoms. The Hall–Kier alpha value is -1.88. The van der Waals surface area contributed by atoms with Crippen molar-refractivity contribution in [1.29, 1.82) is 0 Å². The number of hydrogen-bond acceptors (Lipinski definition) is 3. The number of nitrogens with one attached hydrogen (secondary N) is 1. The van der Waals surface area contributed by atoms with E-state index in [9.17, 15) is 9.59 Å². The lowest BCUT2D eigenvalue weighted by Crippen LogP contribution is -2.28. The first-order chi connectivity index (χ1) is 9.48. The van der Waals surface area contributed by atoms with Gasteiger partial charge in [0.15, 0.2) is 0 Å². The van der Waals surface area contributed by atoms with Crippen molar-refractivity contribution in [3.05, 3.63) is 29.3 Å². The van der Waals surface area contributed by atoms with E-state index in [1.54, 1.807) is 19.1 Å². The van der Waals surface area contributed by atoms with Crippen LogP contribution in [0.2, 0.25) is 0 Å². The number of aromatic carboxylic acids is 1. The molecule has 1 saturated carbocycles. The quantitative estimate of drug-likeness (QED) is 0.837. The van der Waals surface area contributed by atoms with Crippen LogP contribution in [0.4, 0.5) is 5.69 Å². The zero-order chi connectivity index (χ0) is 14.8. The van der Waals surface area contributed by atoms with E-state index in [2.05, 4.69) is 5.32 Å². The molecule has 1 fully saturated rings. The summed E-state index contributed by atoms with van der Waals surface area (Å²) in [5.41, 5.74) is 1.11. The van der Waals surface area contributed by atoms with Gasteiger partial charge in [0, 0.05) is 12.3 Å². The predicted octanol–water partition coefficient (Wildman–Crippen LogP) is 2.45. The molecule has 1 aromatic carbocycles. The first-order valence-corrected chi connectivity index (χ1v) is 6.72. The highest BCUT2D eigenvalue weighted by Crippen LogP contribution is 2.46. The Morgan fingerprint density at radius 2 is 2.10 bits per heavy atom. The molecule has 20 heavy (non-hydrogen) atoms. The van der Waals surface area contributed by atoms with Crippen LogP contribution >= 0.6 is 0 Å². The fourth-order valence-electron chi connectivity index (χ4n) is 2.13. The summed E-state index contributed by atoms with van der Waals surface area (Å²) in [6, 6.07) is 4.80. The molecular weight excluding hydrogens is 258 g/mol. The summed E-state index contributed by atoms with van der Waals surface area (Å²) in [6.07, 6.45) is 1.68. The molecule has 0 radical (unpaired) electrons. The lowest BCUT2D eigenvalue weighted by Gasteiger charge is -2.15. The molecule has 0 saturated heterocycles. The van der Waals surface area contributed by atoms with Crippen LogP contribution in [-0.4, -0.2) is 30.2 Å². The van der Waals surface area contributed by atoms with Crippen LogP contribution in [0.25, 0.3) is 0 Å².